The van der Waals surface area contributed by atoms with E-state index in [9.17, 15) is 27.2 Å². The van der Waals surface area contributed by atoms with Gasteiger partial charge in [-0.2, -0.15) is 4.31 Å². The maximum atomic E-state index is 13.8. The minimum absolute atomic E-state index is 0.135. The molecule has 11 heteroatoms. The smallest absolute Gasteiger partial charge is 0.252 e. The summed E-state index contributed by atoms with van der Waals surface area (Å²) in [5.41, 5.74) is 0.982. The molecule has 0 radical (unpaired) electrons. The number of nitrogens with one attached hydrogen (secondary N) is 1. The van der Waals surface area contributed by atoms with Gasteiger partial charge in [0.15, 0.2) is 0 Å². The molecule has 3 amide bonds. The van der Waals surface area contributed by atoms with Crippen LogP contribution < -0.4 is 10.2 Å². The number of anilines is 2. The van der Waals surface area contributed by atoms with Gasteiger partial charge in [-0.05, 0) is 60.2 Å². The first-order valence-corrected chi connectivity index (χ1v) is 12.6. The molecule has 1 atom stereocenters. The fraction of sp³-hybridized carbons (Fsp3) is 0.160. The zero-order valence-electron chi connectivity index (χ0n) is 19.0. The summed E-state index contributed by atoms with van der Waals surface area (Å²) in [6.07, 6.45) is -0.399. The van der Waals surface area contributed by atoms with Crippen LogP contribution in [-0.4, -0.2) is 36.5 Å². The van der Waals surface area contributed by atoms with Gasteiger partial charge in [-0.3, -0.25) is 14.4 Å². The van der Waals surface area contributed by atoms with Crippen LogP contribution in [0.5, 0.6) is 0 Å². The second-order valence-corrected chi connectivity index (χ2v) is 10.4. The summed E-state index contributed by atoms with van der Waals surface area (Å²) in [5.74, 6) is -2.23. The van der Waals surface area contributed by atoms with E-state index in [2.05, 4.69) is 5.32 Å². The quantitative estimate of drug-likeness (QED) is 0.467. The number of carbonyl (C=O) groups excluding carboxylic acids is 3. The van der Waals surface area contributed by atoms with E-state index < -0.39 is 40.1 Å². The van der Waals surface area contributed by atoms with Crippen molar-refractivity contribution in [2.24, 2.45) is 0 Å². The van der Waals surface area contributed by atoms with Gasteiger partial charge < -0.3 is 5.32 Å². The van der Waals surface area contributed by atoms with E-state index in [1.807, 2.05) is 0 Å². The van der Waals surface area contributed by atoms with Crippen LogP contribution in [0.2, 0.25) is 5.02 Å². The Balaban J connectivity index is 1.74. The van der Waals surface area contributed by atoms with Crippen molar-refractivity contribution in [2.75, 3.05) is 10.2 Å². The predicted molar refractivity (Wildman–Crippen MR) is 132 cm³/mol. The zero-order chi connectivity index (χ0) is 26.0. The van der Waals surface area contributed by atoms with E-state index in [0.29, 0.717) is 16.3 Å². The Morgan fingerprint density at radius 2 is 1.69 bits per heavy atom. The van der Waals surface area contributed by atoms with Crippen molar-refractivity contribution in [3.63, 3.8) is 0 Å². The van der Waals surface area contributed by atoms with Gasteiger partial charge in [-0.1, -0.05) is 29.8 Å². The van der Waals surface area contributed by atoms with Gasteiger partial charge in [0.25, 0.3) is 5.91 Å². The van der Waals surface area contributed by atoms with Gasteiger partial charge >= 0.3 is 0 Å². The van der Waals surface area contributed by atoms with Crippen molar-refractivity contribution in [3.8, 4) is 0 Å². The summed E-state index contributed by atoms with van der Waals surface area (Å²) in [7, 11) is -4.31. The number of hydrogen-bond acceptors (Lipinski definition) is 5. The third-order valence-corrected chi connectivity index (χ3v) is 7.86. The maximum absolute atomic E-state index is 13.8. The van der Waals surface area contributed by atoms with Gasteiger partial charge in [0, 0.05) is 24.2 Å². The van der Waals surface area contributed by atoms with Gasteiger partial charge in [0.1, 0.15) is 11.9 Å². The predicted octanol–water partition coefficient (Wildman–Crippen LogP) is 3.96. The maximum Gasteiger partial charge on any atom is 0.252 e. The second kappa shape index (κ2) is 10.2. The molecule has 1 aliphatic rings. The average molecular weight is 530 g/mol. The van der Waals surface area contributed by atoms with Gasteiger partial charge in [-0.25, -0.2) is 17.7 Å². The third kappa shape index (κ3) is 5.15. The summed E-state index contributed by atoms with van der Waals surface area (Å²) in [6.45, 7) is 1.06. The van der Waals surface area contributed by atoms with Crippen molar-refractivity contribution in [1.29, 1.82) is 0 Å². The normalized spacial score (nSPS) is 16.0. The molecule has 4 rings (SSSR count). The number of amides is 3. The highest BCUT2D eigenvalue weighted by molar-refractivity contribution is 7.89. The van der Waals surface area contributed by atoms with E-state index >= 15 is 0 Å². The molecule has 1 aliphatic heterocycles. The Bertz CT molecular complexity index is 1430. The van der Waals surface area contributed by atoms with Crippen LogP contribution in [0.15, 0.2) is 77.7 Å². The lowest BCUT2D eigenvalue weighted by Crippen LogP contribution is -2.45. The van der Waals surface area contributed by atoms with Crippen LogP contribution in [0, 0.1) is 5.82 Å². The zero-order valence-corrected chi connectivity index (χ0v) is 20.6. The molecule has 36 heavy (non-hydrogen) atoms. The van der Waals surface area contributed by atoms with Crippen molar-refractivity contribution in [3.05, 3.63) is 89.2 Å². The van der Waals surface area contributed by atoms with Crippen LogP contribution >= 0.6 is 11.6 Å². The van der Waals surface area contributed by atoms with E-state index in [0.717, 1.165) is 21.3 Å². The SMILES string of the molecule is CC(=O)Nc1ccc(S(=O)(=O)N(Cc2ccccc2Cl)C2CC(=O)N(c3ccc(F)cc3)C2=O)cc1. The van der Waals surface area contributed by atoms with Crippen LogP contribution in [0.25, 0.3) is 0 Å². The van der Waals surface area contributed by atoms with Gasteiger partial charge in [-0.15, -0.1) is 0 Å². The summed E-state index contributed by atoms with van der Waals surface area (Å²) >= 11 is 6.29. The lowest BCUT2D eigenvalue weighted by molar-refractivity contribution is -0.122. The molecule has 0 aliphatic carbocycles. The molecular weight excluding hydrogens is 509 g/mol. The Morgan fingerprint density at radius 3 is 2.31 bits per heavy atom. The molecule has 0 aromatic heterocycles. The second-order valence-electron chi connectivity index (χ2n) is 8.11. The van der Waals surface area contributed by atoms with Crippen LogP contribution in [0.4, 0.5) is 15.8 Å². The highest BCUT2D eigenvalue weighted by atomic mass is 35.5. The van der Waals surface area contributed by atoms with Gasteiger partial charge in [0.2, 0.25) is 21.8 Å². The van der Waals surface area contributed by atoms with Crippen LogP contribution in [-0.2, 0) is 31.0 Å². The summed E-state index contributed by atoms with van der Waals surface area (Å²) in [5, 5.41) is 2.86. The number of hydrogen-bond donors (Lipinski definition) is 1. The molecular formula is C25H21ClFN3O5S. The highest BCUT2D eigenvalue weighted by Crippen LogP contribution is 2.32. The Labute approximate surface area is 212 Å². The molecule has 1 fully saturated rings. The molecule has 186 valence electrons. The lowest BCUT2D eigenvalue weighted by Gasteiger charge is -2.27. The third-order valence-electron chi connectivity index (χ3n) is 5.62. The summed E-state index contributed by atoms with van der Waals surface area (Å²) in [6, 6.07) is 15.5. The summed E-state index contributed by atoms with van der Waals surface area (Å²) in [4.78, 5) is 38.3. The van der Waals surface area contributed by atoms with Crippen molar-refractivity contribution in [1.82, 2.24) is 4.31 Å². The lowest BCUT2D eigenvalue weighted by atomic mass is 10.2. The van der Waals surface area contributed by atoms with Crippen LogP contribution in [0.1, 0.15) is 18.9 Å². The standard InChI is InChI=1S/C25H21ClFN3O5S/c1-16(31)28-19-8-12-21(13-9-19)36(34,35)29(15-17-4-2-3-5-22(17)26)23-14-24(32)30(25(23)33)20-10-6-18(27)7-11-20/h2-13,23H,14-15H2,1H3,(H,28,31). The van der Waals surface area contributed by atoms with Crippen molar-refractivity contribution < 1.29 is 27.2 Å². The first-order chi connectivity index (χ1) is 17.1. The van der Waals surface area contributed by atoms with Gasteiger partial charge in [0.05, 0.1) is 17.0 Å². The topological polar surface area (TPSA) is 104 Å². The van der Waals surface area contributed by atoms with E-state index in [4.69, 9.17) is 11.6 Å². The van der Waals surface area contributed by atoms with Crippen molar-refractivity contribution in [2.45, 2.75) is 30.8 Å². The fourth-order valence-electron chi connectivity index (χ4n) is 3.91. The average Bonchev–Trinajstić information content (AvgIpc) is 3.12. The molecule has 0 saturated carbocycles. The molecule has 0 spiro atoms. The molecule has 1 N–H and O–H groups in total. The minimum atomic E-state index is -4.31. The number of benzene rings is 3. The molecule has 1 heterocycles. The number of rotatable bonds is 7. The Morgan fingerprint density at radius 1 is 1.06 bits per heavy atom. The largest absolute Gasteiger partial charge is 0.326 e. The Kier molecular flexibility index (Phi) is 7.21. The number of nitrogens with zero attached hydrogens (tertiary/aromatic N) is 2. The molecule has 3 aromatic rings. The highest BCUT2D eigenvalue weighted by Gasteiger charge is 2.47. The first kappa shape index (κ1) is 25.5. The monoisotopic (exact) mass is 529 g/mol. The fourth-order valence-corrected chi connectivity index (χ4v) is 5.66. The molecule has 0 bridgehead atoms. The first-order valence-electron chi connectivity index (χ1n) is 10.8. The number of carbonyl (C=O) groups is 3. The molecule has 8 nitrogen and oxygen atoms in total. The number of halogens is 2. The summed E-state index contributed by atoms with van der Waals surface area (Å²) < 4.78 is 41.9. The Hall–Kier alpha value is -3.60. The number of imide groups is 1. The molecule has 1 saturated heterocycles. The van der Waals surface area contributed by atoms with Crippen LogP contribution in [0.3, 0.4) is 0 Å². The van der Waals surface area contributed by atoms with E-state index in [1.54, 1.807) is 24.3 Å². The minimum Gasteiger partial charge on any atom is -0.326 e. The van der Waals surface area contributed by atoms with E-state index in [1.165, 1.54) is 43.3 Å². The molecule has 3 aromatic carbocycles. The van der Waals surface area contributed by atoms with Crippen molar-refractivity contribution >= 4 is 50.7 Å². The molecule has 1 unspecified atom stereocenters. The van der Waals surface area contributed by atoms with E-state index in [-0.39, 0.29) is 23.0 Å². The number of sulfonamides is 1.